The van der Waals surface area contributed by atoms with Crippen molar-refractivity contribution in [1.29, 1.82) is 0 Å². The summed E-state index contributed by atoms with van der Waals surface area (Å²) in [6.45, 7) is 51.6. The molecular weight excluding hydrogens is 1310 g/mol. The monoisotopic (exact) mass is 1430 g/mol. The minimum atomic E-state index is -1.94. The Morgan fingerprint density at radius 2 is 0.534 bits per heavy atom. The van der Waals surface area contributed by atoms with E-state index in [4.69, 9.17) is 73.5 Å². The van der Waals surface area contributed by atoms with Gasteiger partial charge >= 0.3 is 85.5 Å². The molecule has 0 atom stereocenters. The van der Waals surface area contributed by atoms with Gasteiger partial charge in [0, 0.05) is 56.7 Å². The van der Waals surface area contributed by atoms with Gasteiger partial charge in [-0.3, -0.25) is 0 Å². The number of hydrogen-bond donors (Lipinski definition) is 0. The quantitative estimate of drug-likeness (QED) is 0.143. The van der Waals surface area contributed by atoms with Gasteiger partial charge in [-0.2, -0.15) is 34.1 Å². The van der Waals surface area contributed by atoms with Crippen molar-refractivity contribution in [2.75, 3.05) is 119 Å². The van der Waals surface area contributed by atoms with E-state index in [1.165, 1.54) is 25.7 Å². The molecule has 3 aromatic carbocycles. The van der Waals surface area contributed by atoms with E-state index in [1.54, 1.807) is 0 Å². The van der Waals surface area contributed by atoms with Crippen LogP contribution >= 0.6 is 0 Å². The minimum Gasteiger partial charge on any atom is -0.688 e. The first-order valence-corrected chi connectivity index (χ1v) is 40.4. The van der Waals surface area contributed by atoms with E-state index < -0.39 is 24.7 Å². The second kappa shape index (κ2) is 48.6. The second-order valence-corrected chi connectivity index (χ2v) is 40.9. The fourth-order valence-electron chi connectivity index (χ4n) is 8.09. The van der Waals surface area contributed by atoms with Crippen LogP contribution in [0.4, 0.5) is 34.1 Å². The Morgan fingerprint density at radius 3 is 0.682 bits per heavy atom. The first kappa shape index (κ1) is 90.0. The molecule has 3 heterocycles. The molecule has 3 saturated heterocycles. The number of benzene rings is 3. The van der Waals surface area contributed by atoms with Gasteiger partial charge < -0.3 is 73.5 Å². The molecule has 3 aliphatic heterocycles. The Balaban J connectivity index is 0. The summed E-state index contributed by atoms with van der Waals surface area (Å²) >= 11 is 0. The van der Waals surface area contributed by atoms with Crippen LogP contribution in [-0.4, -0.2) is 162 Å². The first-order valence-electron chi connectivity index (χ1n) is 31.6. The standard InChI is InChI=1S/C42H66N6Si3.C12H24O6.2C4H8O.C4H10O.3Fe.K/c1-40(2,3)49(10,11)46-37-25-19-16-22-34(37)43-31-28-32(44-35-23-17-20-26-38(35)47-50(12,13)41(4,5)6)30-33(29-31)45-36-24-18-21-27-39(36)48-51(14,15)42(7,8)9;1-2-14-5-6-16-9-10-18-12-11-17-8-7-15-4-3-13-1;2*1-2-4-5-3-1;1-3-5-4-2;;;;/h16-27,31-33H,28-30H2,1-15H3;1-12H2;2*1-4H2;3-4H2,1-2H3;;;;/q-6;;;;;;2*+2;+1. The Hall–Kier alpha value is -0.0545. The van der Waals surface area contributed by atoms with Crippen LogP contribution < -0.4 is 51.4 Å². The van der Waals surface area contributed by atoms with E-state index in [-0.39, 0.29) is 136 Å². The van der Waals surface area contributed by atoms with E-state index in [9.17, 15) is 0 Å². The maximum Gasteiger partial charge on any atom is 2.00 e. The van der Waals surface area contributed by atoms with Crippen molar-refractivity contribution in [1.82, 2.24) is 0 Å². The smallest absolute Gasteiger partial charge is 0.688 e. The van der Waals surface area contributed by atoms with Crippen molar-refractivity contribution in [2.45, 2.75) is 194 Å². The predicted octanol–water partition coefficient (Wildman–Crippen LogP) is 16.2. The number of hydrogen-bond acceptors (Lipinski definition) is 9. The molecule has 0 aromatic heterocycles. The predicted molar refractivity (Wildman–Crippen MR) is 361 cm³/mol. The molecule has 0 amide bonds. The van der Waals surface area contributed by atoms with Gasteiger partial charge in [0.15, 0.2) is 0 Å². The minimum absolute atomic E-state index is 0. The third-order valence-corrected chi connectivity index (χ3v) is 29.7. The van der Waals surface area contributed by atoms with Crippen LogP contribution in [0.25, 0.3) is 30.9 Å². The summed E-state index contributed by atoms with van der Waals surface area (Å²) in [5.74, 6) is 0. The van der Waals surface area contributed by atoms with Crippen molar-refractivity contribution in [2.24, 2.45) is 0 Å². The van der Waals surface area contributed by atoms with Crippen LogP contribution in [0.3, 0.4) is 0 Å². The zero-order valence-electron chi connectivity index (χ0n) is 57.8. The van der Waals surface area contributed by atoms with Crippen LogP contribution in [-0.2, 0) is 93.8 Å². The Kier molecular flexibility index (Phi) is 49.7. The maximum atomic E-state index is 5.47. The van der Waals surface area contributed by atoms with Crippen molar-refractivity contribution in [3.05, 3.63) is 104 Å². The molecule has 0 unspecified atom stereocenters. The molecule has 1 saturated carbocycles. The van der Waals surface area contributed by atoms with Crippen molar-refractivity contribution >= 4 is 58.8 Å². The molecule has 3 aromatic rings. The topological polar surface area (TPSA) is 168 Å². The van der Waals surface area contributed by atoms with Gasteiger partial charge in [-0.15, -0.1) is 18.1 Å². The van der Waals surface area contributed by atoms with E-state index >= 15 is 0 Å². The molecule has 88 heavy (non-hydrogen) atoms. The number of ether oxygens (including phenoxy) is 9. The third-order valence-electron chi connectivity index (χ3n) is 16.2. The fraction of sp³-hybridized carbons (Fsp3) is 0.727. The SMILES string of the molecule is C1CCOC1.C1CCOC1.C1COCCOCCOCCOCCOCCO1.CC(C)(C)[Si](C)(C)[N-]c1ccccc1[N-]C1CC([N-]c2ccccc2[N-][Si](C)(C)C(C)(C)C)CC([N-]c2ccccc2[N-][Si](C)(C)C(C)(C)C)C1.CCOCC.[Fe+2].[Fe+2].[Fe].[K+]. The molecule has 0 spiro atoms. The summed E-state index contributed by atoms with van der Waals surface area (Å²) in [6, 6.07) is 25.6. The van der Waals surface area contributed by atoms with Crippen LogP contribution in [0.15, 0.2) is 72.8 Å². The fourth-order valence-corrected chi connectivity index (χ4v) is 11.5. The molecule has 7 rings (SSSR count). The molecule has 1 aliphatic carbocycles. The molecule has 4 fully saturated rings. The summed E-state index contributed by atoms with van der Waals surface area (Å²) in [7, 11) is -5.81. The van der Waals surface area contributed by atoms with Crippen molar-refractivity contribution in [3.8, 4) is 0 Å². The average Bonchev–Trinajstić information content (AvgIpc) is 4.32. The van der Waals surface area contributed by atoms with E-state index in [1.807, 2.05) is 13.8 Å². The van der Waals surface area contributed by atoms with Gasteiger partial charge in [0.1, 0.15) is 0 Å². The summed E-state index contributed by atoms with van der Waals surface area (Å²) < 4.78 is 46.7. The van der Waals surface area contributed by atoms with Crippen molar-refractivity contribution < 1.29 is 145 Å². The molecule has 0 bridgehead atoms. The molecule has 15 nitrogen and oxygen atoms in total. The van der Waals surface area contributed by atoms with Gasteiger partial charge in [-0.05, 0) is 64.2 Å². The molecule has 502 valence electrons. The summed E-state index contributed by atoms with van der Waals surface area (Å²) in [4.78, 5) is 16.2. The molecular formula is C66H116Fe3KN6O9Si3-. The summed E-state index contributed by atoms with van der Waals surface area (Å²) in [6.07, 6.45) is 7.71. The number of para-hydroxylation sites is 3. The number of nitrogens with zero attached hydrogens (tertiary/aromatic N) is 6. The molecule has 0 radical (unpaired) electrons. The first-order chi connectivity index (χ1) is 39.8. The average molecular weight is 1430 g/mol. The van der Waals surface area contributed by atoms with Crippen LogP contribution in [0.2, 0.25) is 54.4 Å². The van der Waals surface area contributed by atoms with Crippen LogP contribution in [0, 0.1) is 0 Å². The van der Waals surface area contributed by atoms with Gasteiger partial charge in [0.2, 0.25) is 0 Å². The van der Waals surface area contributed by atoms with E-state index in [2.05, 4.69) is 174 Å². The van der Waals surface area contributed by atoms with Crippen LogP contribution in [0.5, 0.6) is 0 Å². The van der Waals surface area contributed by atoms with Crippen LogP contribution in [0.1, 0.15) is 121 Å². The van der Waals surface area contributed by atoms with Gasteiger partial charge in [0.25, 0.3) is 0 Å². The second-order valence-electron chi connectivity index (χ2n) is 26.4. The Morgan fingerprint density at radius 1 is 0.352 bits per heavy atom. The van der Waals surface area contributed by atoms with Crippen molar-refractivity contribution in [3.63, 3.8) is 0 Å². The van der Waals surface area contributed by atoms with E-state index in [0.29, 0.717) is 79.3 Å². The molecule has 4 aliphatic rings. The zero-order valence-corrected chi connectivity index (χ0v) is 67.2. The Bertz CT molecular complexity index is 1890. The van der Waals surface area contributed by atoms with Gasteiger partial charge in [0.05, 0.1) is 79.3 Å². The summed E-state index contributed by atoms with van der Waals surface area (Å²) in [5, 5.41) is 16.8. The largest absolute Gasteiger partial charge is 2.00 e. The number of rotatable bonds is 14. The Labute approximate surface area is 613 Å². The zero-order chi connectivity index (χ0) is 62.0. The normalized spacial score (nSPS) is 19.3. The van der Waals surface area contributed by atoms with E-state index in [0.717, 1.165) is 93.0 Å². The summed E-state index contributed by atoms with van der Waals surface area (Å²) in [5.41, 5.74) is 5.96. The van der Waals surface area contributed by atoms with Gasteiger partial charge in [-0.25, -0.2) is 0 Å². The van der Waals surface area contributed by atoms with Gasteiger partial charge in [-0.1, -0.05) is 209 Å². The molecule has 0 N–H and O–H groups in total. The maximum absolute atomic E-state index is 5.47. The molecule has 22 heteroatoms. The third kappa shape index (κ3) is 37.3.